The lowest BCUT2D eigenvalue weighted by molar-refractivity contribution is -0.128. The highest BCUT2D eigenvalue weighted by Crippen LogP contribution is 2.32. The fourth-order valence-electron chi connectivity index (χ4n) is 4.30. The van der Waals surface area contributed by atoms with Gasteiger partial charge in [-0.3, -0.25) is 4.79 Å². The molecule has 4 aromatic rings. The van der Waals surface area contributed by atoms with E-state index in [0.717, 1.165) is 28.0 Å². The molecular weight excluding hydrogens is 413 g/mol. The molecule has 0 bridgehead atoms. The molecule has 1 aliphatic rings. The number of para-hydroxylation sites is 2. The Morgan fingerprint density at radius 3 is 2.58 bits per heavy atom. The minimum atomic E-state index is -0.274. The van der Waals surface area contributed by atoms with Crippen molar-refractivity contribution < 1.29 is 9.18 Å². The van der Waals surface area contributed by atoms with Crippen molar-refractivity contribution >= 4 is 28.5 Å². The van der Waals surface area contributed by atoms with Crippen molar-refractivity contribution in [1.29, 1.82) is 0 Å². The molecule has 6 heteroatoms. The van der Waals surface area contributed by atoms with Crippen LogP contribution < -0.4 is 0 Å². The molecule has 0 spiro atoms. The molecule has 5 rings (SSSR count). The number of hydrogen-bond donors (Lipinski definition) is 0. The predicted octanol–water partition coefficient (Wildman–Crippen LogP) is 5.39. The van der Waals surface area contributed by atoms with Gasteiger partial charge in [0, 0.05) is 37.0 Å². The Kier molecular flexibility index (Phi) is 5.20. The molecule has 1 saturated heterocycles. The third kappa shape index (κ3) is 4.06. The van der Waals surface area contributed by atoms with Crippen LogP contribution in [0.5, 0.6) is 0 Å². The van der Waals surface area contributed by atoms with E-state index in [2.05, 4.69) is 10.6 Å². The van der Waals surface area contributed by atoms with E-state index in [4.69, 9.17) is 16.6 Å². The second-order valence-corrected chi connectivity index (χ2v) is 8.41. The Labute approximate surface area is 184 Å². The first-order chi connectivity index (χ1) is 15.1. The van der Waals surface area contributed by atoms with Crippen LogP contribution in [0.2, 0.25) is 5.02 Å². The molecule has 1 aliphatic heterocycles. The number of imidazole rings is 1. The Balaban J connectivity index is 1.45. The molecule has 1 amide bonds. The summed E-state index contributed by atoms with van der Waals surface area (Å²) in [5.74, 6) is 0.732. The Bertz CT molecular complexity index is 1250. The highest BCUT2D eigenvalue weighted by atomic mass is 35.5. The van der Waals surface area contributed by atoms with Crippen LogP contribution >= 0.6 is 11.6 Å². The van der Waals surface area contributed by atoms with Crippen LogP contribution in [0, 0.1) is 5.82 Å². The lowest BCUT2D eigenvalue weighted by Crippen LogP contribution is -2.24. The number of hydrogen-bond acceptors (Lipinski definition) is 2. The number of rotatable bonds is 5. The van der Waals surface area contributed by atoms with Crippen molar-refractivity contribution in [2.45, 2.75) is 25.4 Å². The van der Waals surface area contributed by atoms with Gasteiger partial charge in [-0.25, -0.2) is 9.37 Å². The molecule has 4 nitrogen and oxygen atoms in total. The molecule has 0 saturated carbocycles. The number of aromatic nitrogens is 2. The average Bonchev–Trinajstić information content (AvgIpc) is 3.30. The number of likely N-dealkylation sites (tertiary alicyclic amines) is 1. The molecule has 0 aliphatic carbocycles. The smallest absolute Gasteiger partial charge is 0.223 e. The average molecular weight is 434 g/mol. The third-order valence-electron chi connectivity index (χ3n) is 5.78. The zero-order chi connectivity index (χ0) is 21.4. The van der Waals surface area contributed by atoms with E-state index in [0.29, 0.717) is 31.1 Å². The van der Waals surface area contributed by atoms with Gasteiger partial charge in [-0.1, -0.05) is 48.0 Å². The zero-order valence-electron chi connectivity index (χ0n) is 16.8. The van der Waals surface area contributed by atoms with Crippen molar-refractivity contribution in [3.8, 4) is 0 Å². The summed E-state index contributed by atoms with van der Waals surface area (Å²) in [6.07, 6.45) is 0.417. The summed E-state index contributed by atoms with van der Waals surface area (Å²) < 4.78 is 15.4. The number of carbonyl (C=O) groups is 1. The first-order valence-corrected chi connectivity index (χ1v) is 10.7. The third-order valence-corrected chi connectivity index (χ3v) is 6.02. The Hall–Kier alpha value is -3.18. The number of amides is 1. The highest BCUT2D eigenvalue weighted by molar-refractivity contribution is 6.30. The van der Waals surface area contributed by atoms with Crippen LogP contribution in [0.25, 0.3) is 11.0 Å². The molecule has 156 valence electrons. The number of benzene rings is 3. The van der Waals surface area contributed by atoms with Gasteiger partial charge in [-0.15, -0.1) is 0 Å². The van der Waals surface area contributed by atoms with E-state index in [9.17, 15) is 9.18 Å². The second kappa shape index (κ2) is 8.16. The fraction of sp³-hybridized carbons (Fsp3) is 0.200. The molecule has 1 atom stereocenters. The van der Waals surface area contributed by atoms with Crippen LogP contribution in [-0.4, -0.2) is 26.9 Å². The van der Waals surface area contributed by atoms with E-state index < -0.39 is 0 Å². The minimum Gasteiger partial charge on any atom is -0.338 e. The quantitative estimate of drug-likeness (QED) is 0.423. The molecule has 31 heavy (non-hydrogen) atoms. The summed E-state index contributed by atoms with van der Waals surface area (Å²) in [4.78, 5) is 19.5. The summed E-state index contributed by atoms with van der Waals surface area (Å²) in [5.41, 5.74) is 3.97. The predicted molar refractivity (Wildman–Crippen MR) is 119 cm³/mol. The van der Waals surface area contributed by atoms with Gasteiger partial charge >= 0.3 is 0 Å². The lowest BCUT2D eigenvalue weighted by atomic mass is 10.1. The van der Waals surface area contributed by atoms with E-state index in [1.807, 2.05) is 47.4 Å². The molecule has 1 unspecified atom stereocenters. The summed E-state index contributed by atoms with van der Waals surface area (Å²) >= 11 is 6.20. The molecule has 0 N–H and O–H groups in total. The largest absolute Gasteiger partial charge is 0.338 e. The van der Waals surface area contributed by atoms with Gasteiger partial charge in [0.15, 0.2) is 0 Å². The summed E-state index contributed by atoms with van der Waals surface area (Å²) in [6.45, 7) is 1.71. The van der Waals surface area contributed by atoms with Crippen molar-refractivity contribution in [2.24, 2.45) is 0 Å². The van der Waals surface area contributed by atoms with Gasteiger partial charge in [0.1, 0.15) is 11.6 Å². The minimum absolute atomic E-state index is 0.000433. The van der Waals surface area contributed by atoms with Gasteiger partial charge in [-0.05, 0) is 47.5 Å². The summed E-state index contributed by atoms with van der Waals surface area (Å²) in [7, 11) is 0. The van der Waals surface area contributed by atoms with Crippen LogP contribution in [0.3, 0.4) is 0 Å². The van der Waals surface area contributed by atoms with Gasteiger partial charge < -0.3 is 9.47 Å². The zero-order valence-corrected chi connectivity index (χ0v) is 17.6. The standard InChI is InChI=1S/C25H21ClFN3O/c26-20-5-3-4-18(12-20)15-30-23-7-2-1-6-22(23)28-25(30)19-13-24(31)29(16-19)14-17-8-10-21(27)11-9-17/h1-12,19H,13-16H2. The summed E-state index contributed by atoms with van der Waals surface area (Å²) in [5, 5.41) is 0.699. The first kappa shape index (κ1) is 19.8. The maximum atomic E-state index is 13.2. The summed E-state index contributed by atoms with van der Waals surface area (Å²) in [6, 6.07) is 22.2. The molecule has 2 heterocycles. The van der Waals surface area contributed by atoms with Crippen LogP contribution in [0.15, 0.2) is 72.8 Å². The van der Waals surface area contributed by atoms with Gasteiger partial charge in [0.2, 0.25) is 5.91 Å². The Morgan fingerprint density at radius 2 is 1.77 bits per heavy atom. The van der Waals surface area contributed by atoms with Gasteiger partial charge in [0.05, 0.1) is 11.0 Å². The molecule has 1 fully saturated rings. The normalized spacial score (nSPS) is 16.4. The van der Waals surface area contributed by atoms with E-state index >= 15 is 0 Å². The van der Waals surface area contributed by atoms with Crippen molar-refractivity contribution in [3.05, 3.63) is 101 Å². The molecule has 0 radical (unpaired) electrons. The molecule has 3 aromatic carbocycles. The topological polar surface area (TPSA) is 38.1 Å². The number of carbonyl (C=O) groups excluding carboxylic acids is 1. The van der Waals surface area contributed by atoms with E-state index in [1.165, 1.54) is 12.1 Å². The highest BCUT2D eigenvalue weighted by Gasteiger charge is 2.34. The van der Waals surface area contributed by atoms with Crippen molar-refractivity contribution in [2.75, 3.05) is 6.54 Å². The number of fused-ring (bicyclic) bond motifs is 1. The lowest BCUT2D eigenvalue weighted by Gasteiger charge is -2.17. The number of nitrogens with zero attached hydrogens (tertiary/aromatic N) is 3. The maximum Gasteiger partial charge on any atom is 0.223 e. The molecular formula is C25H21ClFN3O. The van der Waals surface area contributed by atoms with Crippen LogP contribution in [0.1, 0.15) is 29.3 Å². The first-order valence-electron chi connectivity index (χ1n) is 10.3. The van der Waals surface area contributed by atoms with Crippen LogP contribution in [0.4, 0.5) is 4.39 Å². The Morgan fingerprint density at radius 1 is 0.968 bits per heavy atom. The van der Waals surface area contributed by atoms with Crippen molar-refractivity contribution in [1.82, 2.24) is 14.5 Å². The fourth-order valence-corrected chi connectivity index (χ4v) is 4.51. The molecule has 1 aromatic heterocycles. The van der Waals surface area contributed by atoms with Crippen molar-refractivity contribution in [3.63, 3.8) is 0 Å². The van der Waals surface area contributed by atoms with E-state index in [-0.39, 0.29) is 17.6 Å². The van der Waals surface area contributed by atoms with Gasteiger partial charge in [-0.2, -0.15) is 0 Å². The van der Waals surface area contributed by atoms with E-state index in [1.54, 1.807) is 12.1 Å². The second-order valence-electron chi connectivity index (χ2n) is 7.98. The van der Waals surface area contributed by atoms with Gasteiger partial charge in [0.25, 0.3) is 0 Å². The maximum absolute atomic E-state index is 13.2. The number of halogens is 2. The van der Waals surface area contributed by atoms with Crippen LogP contribution in [-0.2, 0) is 17.9 Å². The SMILES string of the molecule is O=C1CC(c2nc3ccccc3n2Cc2cccc(Cl)c2)CN1Cc1ccc(F)cc1. The monoisotopic (exact) mass is 433 g/mol.